The van der Waals surface area contributed by atoms with Gasteiger partial charge in [-0.2, -0.15) is 0 Å². The van der Waals surface area contributed by atoms with Crippen molar-refractivity contribution in [2.24, 2.45) is 0 Å². The Kier molecular flexibility index (Phi) is 3.36. The molecule has 0 aliphatic heterocycles. The number of thioether (sulfide) groups is 1. The second-order valence-corrected chi connectivity index (χ2v) is 5.49. The van der Waals surface area contributed by atoms with E-state index in [1.165, 1.54) is 0 Å². The smallest absolute Gasteiger partial charge is 0.222 e. The van der Waals surface area contributed by atoms with E-state index in [-0.39, 0.29) is 0 Å². The first kappa shape index (κ1) is 12.4. The van der Waals surface area contributed by atoms with Gasteiger partial charge < -0.3 is 5.73 Å². The van der Waals surface area contributed by atoms with Crippen LogP contribution in [0, 0.1) is 0 Å². The van der Waals surface area contributed by atoms with Gasteiger partial charge in [0.1, 0.15) is 0 Å². The van der Waals surface area contributed by atoms with Crippen molar-refractivity contribution in [3.63, 3.8) is 0 Å². The highest BCUT2D eigenvalue weighted by molar-refractivity contribution is 7.98. The molecule has 1 aliphatic rings. The molecule has 1 aliphatic carbocycles. The Hall–Kier alpha value is -1.64. The summed E-state index contributed by atoms with van der Waals surface area (Å²) in [6.07, 6.45) is 3.32. The van der Waals surface area contributed by atoms with Gasteiger partial charge in [0.05, 0.1) is 5.75 Å². The Morgan fingerprint density at radius 2 is 2.16 bits per heavy atom. The van der Waals surface area contributed by atoms with Crippen LogP contribution in [0.25, 0.3) is 0 Å². The third-order valence-corrected chi connectivity index (χ3v) is 3.91. The summed E-state index contributed by atoms with van der Waals surface area (Å²) in [4.78, 5) is 0. The van der Waals surface area contributed by atoms with Crippen LogP contribution >= 0.6 is 11.8 Å². The molecule has 1 fully saturated rings. The van der Waals surface area contributed by atoms with E-state index >= 15 is 0 Å². The van der Waals surface area contributed by atoms with Gasteiger partial charge in [-0.15, -0.1) is 15.3 Å². The number of nitrogens with zero attached hydrogens (tertiary/aromatic N) is 7. The van der Waals surface area contributed by atoms with Gasteiger partial charge in [0.2, 0.25) is 5.95 Å². The minimum Gasteiger partial charge on any atom is -0.368 e. The fourth-order valence-electron chi connectivity index (χ4n) is 1.90. The van der Waals surface area contributed by atoms with E-state index < -0.39 is 0 Å². The molecule has 0 amide bonds. The van der Waals surface area contributed by atoms with Crippen LogP contribution in [0.1, 0.15) is 38.1 Å². The molecule has 9 heteroatoms. The Morgan fingerprint density at radius 1 is 1.32 bits per heavy atom. The van der Waals surface area contributed by atoms with Crippen molar-refractivity contribution in [2.75, 3.05) is 5.73 Å². The standard InChI is InChI=1S/C10H16N8S/c1-2-5-17-8(12-15-16-17)6-19-10-14-13-9(11)18(10)7-3-4-7/h7H,2-6H2,1H3,(H2,11,13). The van der Waals surface area contributed by atoms with E-state index in [1.807, 2.05) is 9.25 Å². The molecular formula is C10H16N8S. The fourth-order valence-corrected chi connectivity index (χ4v) is 2.85. The predicted octanol–water partition coefficient (Wildman–Crippen LogP) is 0.884. The van der Waals surface area contributed by atoms with E-state index in [4.69, 9.17) is 5.73 Å². The molecule has 1 saturated carbocycles. The highest BCUT2D eigenvalue weighted by Gasteiger charge is 2.29. The minimum absolute atomic E-state index is 0.476. The number of hydrogen-bond donors (Lipinski definition) is 1. The monoisotopic (exact) mass is 280 g/mol. The highest BCUT2D eigenvalue weighted by Crippen LogP contribution is 2.39. The summed E-state index contributed by atoms with van der Waals surface area (Å²) < 4.78 is 3.84. The number of anilines is 1. The van der Waals surface area contributed by atoms with Crippen LogP contribution < -0.4 is 5.73 Å². The molecule has 0 atom stereocenters. The number of nitrogens with two attached hydrogens (primary N) is 1. The summed E-state index contributed by atoms with van der Waals surface area (Å²) >= 11 is 1.58. The zero-order chi connectivity index (χ0) is 13.2. The van der Waals surface area contributed by atoms with E-state index in [9.17, 15) is 0 Å². The van der Waals surface area contributed by atoms with Gasteiger partial charge in [-0.3, -0.25) is 4.57 Å². The van der Waals surface area contributed by atoms with Crippen molar-refractivity contribution in [1.82, 2.24) is 35.0 Å². The van der Waals surface area contributed by atoms with Gasteiger partial charge in [-0.25, -0.2) is 4.68 Å². The number of aromatic nitrogens is 7. The van der Waals surface area contributed by atoms with Crippen LogP contribution in [0.15, 0.2) is 5.16 Å². The molecule has 2 N–H and O–H groups in total. The number of aryl methyl sites for hydroxylation is 1. The van der Waals surface area contributed by atoms with Gasteiger partial charge in [-0.1, -0.05) is 18.7 Å². The number of nitrogen functional groups attached to an aromatic ring is 1. The van der Waals surface area contributed by atoms with Gasteiger partial charge in [0.25, 0.3) is 0 Å². The fraction of sp³-hybridized carbons (Fsp3) is 0.700. The molecule has 2 heterocycles. The topological polar surface area (TPSA) is 100 Å². The second-order valence-electron chi connectivity index (χ2n) is 4.55. The van der Waals surface area contributed by atoms with E-state index in [2.05, 4.69) is 32.6 Å². The Balaban J connectivity index is 1.70. The molecule has 19 heavy (non-hydrogen) atoms. The summed E-state index contributed by atoms with van der Waals surface area (Å²) in [7, 11) is 0. The SMILES string of the molecule is CCCn1nnnc1CSc1nnc(N)n1C1CC1. The molecule has 2 aromatic rings. The molecule has 3 rings (SSSR count). The van der Waals surface area contributed by atoms with E-state index in [0.29, 0.717) is 17.7 Å². The summed E-state index contributed by atoms with van der Waals surface area (Å²) in [5.74, 6) is 2.03. The van der Waals surface area contributed by atoms with Crippen molar-refractivity contribution >= 4 is 17.7 Å². The molecule has 0 radical (unpaired) electrons. The molecular weight excluding hydrogens is 264 g/mol. The Labute approximate surface area is 114 Å². The van der Waals surface area contributed by atoms with Crippen molar-refractivity contribution in [2.45, 2.75) is 49.7 Å². The molecule has 0 saturated heterocycles. The van der Waals surface area contributed by atoms with Crippen LogP contribution in [-0.2, 0) is 12.3 Å². The number of tetrazole rings is 1. The molecule has 2 aromatic heterocycles. The molecule has 0 aromatic carbocycles. The van der Waals surface area contributed by atoms with Crippen LogP contribution in [0.2, 0.25) is 0 Å². The van der Waals surface area contributed by atoms with Crippen molar-refractivity contribution in [1.29, 1.82) is 0 Å². The largest absolute Gasteiger partial charge is 0.368 e. The van der Waals surface area contributed by atoms with Crippen LogP contribution in [-0.4, -0.2) is 35.0 Å². The Morgan fingerprint density at radius 3 is 2.89 bits per heavy atom. The first-order chi connectivity index (χ1) is 9.29. The van der Waals surface area contributed by atoms with Crippen LogP contribution in [0.3, 0.4) is 0 Å². The average molecular weight is 280 g/mol. The lowest BCUT2D eigenvalue weighted by Gasteiger charge is -2.05. The maximum Gasteiger partial charge on any atom is 0.222 e. The van der Waals surface area contributed by atoms with Gasteiger partial charge in [-0.05, 0) is 29.7 Å². The van der Waals surface area contributed by atoms with Crippen molar-refractivity contribution < 1.29 is 0 Å². The number of rotatable bonds is 6. The second kappa shape index (κ2) is 5.16. The Bertz CT molecular complexity index is 558. The summed E-state index contributed by atoms with van der Waals surface area (Å²) in [5, 5.41) is 20.6. The van der Waals surface area contributed by atoms with E-state index in [0.717, 1.165) is 36.8 Å². The lowest BCUT2D eigenvalue weighted by atomic mass is 10.5. The third kappa shape index (κ3) is 2.55. The lowest BCUT2D eigenvalue weighted by molar-refractivity contribution is 0.564. The lowest BCUT2D eigenvalue weighted by Crippen LogP contribution is -2.05. The highest BCUT2D eigenvalue weighted by atomic mass is 32.2. The zero-order valence-electron chi connectivity index (χ0n) is 10.7. The van der Waals surface area contributed by atoms with Crippen LogP contribution in [0.5, 0.6) is 0 Å². The van der Waals surface area contributed by atoms with E-state index in [1.54, 1.807) is 11.8 Å². The minimum atomic E-state index is 0.476. The molecule has 0 bridgehead atoms. The van der Waals surface area contributed by atoms with Crippen molar-refractivity contribution in [3.05, 3.63) is 5.82 Å². The first-order valence-electron chi connectivity index (χ1n) is 6.37. The summed E-state index contributed by atoms with van der Waals surface area (Å²) in [6.45, 7) is 2.93. The van der Waals surface area contributed by atoms with Gasteiger partial charge in [0.15, 0.2) is 11.0 Å². The summed E-state index contributed by atoms with van der Waals surface area (Å²) in [5.41, 5.74) is 5.84. The molecule has 8 nitrogen and oxygen atoms in total. The van der Waals surface area contributed by atoms with Crippen molar-refractivity contribution in [3.8, 4) is 0 Å². The maximum atomic E-state index is 5.84. The average Bonchev–Trinajstić information content (AvgIpc) is 3.03. The van der Waals surface area contributed by atoms with Gasteiger partial charge >= 0.3 is 0 Å². The third-order valence-electron chi connectivity index (χ3n) is 2.97. The number of hydrogen-bond acceptors (Lipinski definition) is 7. The molecule has 102 valence electrons. The predicted molar refractivity (Wildman–Crippen MR) is 70.4 cm³/mol. The first-order valence-corrected chi connectivity index (χ1v) is 7.36. The summed E-state index contributed by atoms with van der Waals surface area (Å²) in [6, 6.07) is 0.476. The van der Waals surface area contributed by atoms with Gasteiger partial charge in [0, 0.05) is 12.6 Å². The zero-order valence-corrected chi connectivity index (χ0v) is 11.5. The van der Waals surface area contributed by atoms with Crippen LogP contribution in [0.4, 0.5) is 5.95 Å². The molecule has 0 spiro atoms. The molecule has 0 unspecified atom stereocenters. The normalized spacial score (nSPS) is 15.0. The quantitative estimate of drug-likeness (QED) is 0.784. The maximum absolute atomic E-state index is 5.84.